The summed E-state index contributed by atoms with van der Waals surface area (Å²) in [4.78, 5) is 15.5. The molecule has 3 aromatic carbocycles. The minimum atomic E-state index is -0.205. The number of para-hydroxylation sites is 1. The number of nitrogens with one attached hydrogen (secondary N) is 1. The van der Waals surface area contributed by atoms with Gasteiger partial charge in [0.05, 0.1) is 13.0 Å². The van der Waals surface area contributed by atoms with Gasteiger partial charge in [-0.3, -0.25) is 9.69 Å². The quantitative estimate of drug-likeness (QED) is 0.433. The van der Waals surface area contributed by atoms with E-state index in [4.69, 9.17) is 16.3 Å². The molecular formula is C29H32ClFN2O2. The fraction of sp³-hybridized carbons (Fsp3) is 0.345. The van der Waals surface area contributed by atoms with Crippen LogP contribution < -0.4 is 10.1 Å². The summed E-state index contributed by atoms with van der Waals surface area (Å²) < 4.78 is 19.3. The summed E-state index contributed by atoms with van der Waals surface area (Å²) in [5, 5.41) is 3.86. The van der Waals surface area contributed by atoms with Crippen molar-refractivity contribution < 1.29 is 13.9 Å². The Kier molecular flexibility index (Phi) is 8.42. The van der Waals surface area contributed by atoms with Crippen molar-refractivity contribution in [1.82, 2.24) is 10.2 Å². The average molecular weight is 495 g/mol. The fourth-order valence-corrected chi connectivity index (χ4v) is 5.11. The van der Waals surface area contributed by atoms with Crippen molar-refractivity contribution in [2.75, 3.05) is 26.7 Å². The van der Waals surface area contributed by atoms with Gasteiger partial charge in [-0.15, -0.1) is 0 Å². The Bertz CT molecular complexity index is 1170. The lowest BCUT2D eigenvalue weighted by Crippen LogP contribution is -2.45. The van der Waals surface area contributed by atoms with Crippen molar-refractivity contribution in [1.29, 1.82) is 0 Å². The highest BCUT2D eigenvalue weighted by atomic mass is 35.5. The SMILES string of the molecule is COc1ccccc1CCNC(=O)[C@@H]1C[C@@H](c2ccc(F)c(C)c2)CN(Cc2ccccc2Cl)C1. The highest BCUT2D eigenvalue weighted by Gasteiger charge is 2.32. The van der Waals surface area contributed by atoms with Gasteiger partial charge in [0.2, 0.25) is 5.91 Å². The molecule has 0 spiro atoms. The first-order valence-electron chi connectivity index (χ1n) is 12.1. The van der Waals surface area contributed by atoms with E-state index < -0.39 is 0 Å². The Morgan fingerprint density at radius 2 is 1.83 bits per heavy atom. The van der Waals surface area contributed by atoms with Gasteiger partial charge in [0.25, 0.3) is 0 Å². The second-order valence-electron chi connectivity index (χ2n) is 9.28. The zero-order chi connectivity index (χ0) is 24.8. The second kappa shape index (κ2) is 11.7. The van der Waals surface area contributed by atoms with Gasteiger partial charge in [-0.1, -0.05) is 60.1 Å². The number of rotatable bonds is 8. The van der Waals surface area contributed by atoms with Crippen LogP contribution in [0, 0.1) is 18.7 Å². The van der Waals surface area contributed by atoms with Crippen molar-refractivity contribution in [2.24, 2.45) is 5.92 Å². The van der Waals surface area contributed by atoms with E-state index in [0.29, 0.717) is 31.6 Å². The number of likely N-dealkylation sites (tertiary alicyclic amines) is 1. The Balaban J connectivity index is 1.47. The van der Waals surface area contributed by atoms with Crippen molar-refractivity contribution >= 4 is 17.5 Å². The fourth-order valence-electron chi connectivity index (χ4n) is 4.91. The standard InChI is InChI=1S/C29H32ClFN2O2/c1-20-15-22(11-12-27(20)31)24-16-25(19-33(18-24)17-23-8-3-5-9-26(23)30)29(34)32-14-13-21-7-4-6-10-28(21)35-2/h3-12,15,24-25H,13-14,16-19H2,1-2H3,(H,32,34)/t24-,25-/m1/s1. The summed E-state index contributed by atoms with van der Waals surface area (Å²) in [5.41, 5.74) is 3.81. The molecule has 35 heavy (non-hydrogen) atoms. The molecule has 1 N–H and O–H groups in total. The number of hydrogen-bond acceptors (Lipinski definition) is 3. The molecule has 1 saturated heterocycles. The van der Waals surface area contributed by atoms with E-state index in [1.165, 1.54) is 6.07 Å². The molecule has 0 aromatic heterocycles. The number of aryl methyl sites for hydroxylation is 1. The first kappa shape index (κ1) is 25.2. The highest BCUT2D eigenvalue weighted by molar-refractivity contribution is 6.31. The zero-order valence-electron chi connectivity index (χ0n) is 20.3. The molecule has 0 radical (unpaired) electrons. The second-order valence-corrected chi connectivity index (χ2v) is 9.68. The molecule has 1 aliphatic rings. The van der Waals surface area contributed by atoms with Crippen LogP contribution in [-0.2, 0) is 17.8 Å². The number of amides is 1. The van der Waals surface area contributed by atoms with E-state index in [9.17, 15) is 9.18 Å². The third-order valence-corrected chi connectivity index (χ3v) is 7.16. The number of hydrogen-bond donors (Lipinski definition) is 1. The third kappa shape index (κ3) is 6.41. The maximum Gasteiger partial charge on any atom is 0.224 e. The van der Waals surface area contributed by atoms with Gasteiger partial charge in [0.15, 0.2) is 0 Å². The van der Waals surface area contributed by atoms with Gasteiger partial charge in [0.1, 0.15) is 11.6 Å². The molecule has 0 unspecified atom stereocenters. The predicted molar refractivity (Wildman–Crippen MR) is 138 cm³/mol. The lowest BCUT2D eigenvalue weighted by Gasteiger charge is -2.37. The number of carbonyl (C=O) groups excluding carboxylic acids is 1. The molecule has 4 nitrogen and oxygen atoms in total. The van der Waals surface area contributed by atoms with E-state index in [0.717, 1.165) is 40.4 Å². The third-order valence-electron chi connectivity index (χ3n) is 6.79. The molecule has 1 heterocycles. The Hall–Kier alpha value is -2.89. The maximum absolute atomic E-state index is 13.9. The molecular weight excluding hydrogens is 463 g/mol. The summed E-state index contributed by atoms with van der Waals surface area (Å²) in [6.45, 7) is 4.44. The van der Waals surface area contributed by atoms with Crippen LogP contribution in [-0.4, -0.2) is 37.6 Å². The molecule has 2 atom stereocenters. The van der Waals surface area contributed by atoms with Gasteiger partial charge in [-0.25, -0.2) is 4.39 Å². The van der Waals surface area contributed by atoms with Crippen molar-refractivity contribution in [3.63, 3.8) is 0 Å². The number of piperidine rings is 1. The van der Waals surface area contributed by atoms with Crippen LogP contribution in [0.15, 0.2) is 66.7 Å². The van der Waals surface area contributed by atoms with E-state index >= 15 is 0 Å². The van der Waals surface area contributed by atoms with Crippen LogP contribution in [0.25, 0.3) is 0 Å². The minimum Gasteiger partial charge on any atom is -0.496 e. The lowest BCUT2D eigenvalue weighted by molar-refractivity contribution is -0.127. The number of benzene rings is 3. The topological polar surface area (TPSA) is 41.6 Å². The summed E-state index contributed by atoms with van der Waals surface area (Å²) in [6, 6.07) is 21.0. The predicted octanol–water partition coefficient (Wildman–Crippen LogP) is 5.76. The minimum absolute atomic E-state index is 0.0487. The number of methoxy groups -OCH3 is 1. The molecule has 3 aromatic rings. The van der Waals surface area contributed by atoms with E-state index in [1.807, 2.05) is 60.7 Å². The molecule has 1 fully saturated rings. The first-order valence-corrected chi connectivity index (χ1v) is 12.4. The van der Waals surface area contributed by atoms with Gasteiger partial charge in [-0.05, 0) is 66.1 Å². The van der Waals surface area contributed by atoms with Crippen LogP contribution in [0.2, 0.25) is 5.02 Å². The molecule has 4 rings (SSSR count). The van der Waals surface area contributed by atoms with Crippen molar-refractivity contribution in [2.45, 2.75) is 32.2 Å². The van der Waals surface area contributed by atoms with Crippen LogP contribution in [0.3, 0.4) is 0 Å². The molecule has 1 aliphatic heterocycles. The first-order chi connectivity index (χ1) is 16.9. The number of nitrogens with zero attached hydrogens (tertiary/aromatic N) is 1. The summed E-state index contributed by atoms with van der Waals surface area (Å²) >= 11 is 6.43. The van der Waals surface area contributed by atoms with Crippen molar-refractivity contribution in [3.8, 4) is 5.75 Å². The smallest absolute Gasteiger partial charge is 0.224 e. The molecule has 0 saturated carbocycles. The van der Waals surface area contributed by atoms with E-state index in [2.05, 4.69) is 10.2 Å². The zero-order valence-corrected chi connectivity index (χ0v) is 21.0. The molecule has 0 bridgehead atoms. The maximum atomic E-state index is 13.9. The van der Waals surface area contributed by atoms with Crippen LogP contribution in [0.1, 0.15) is 34.6 Å². The Morgan fingerprint density at radius 1 is 1.09 bits per heavy atom. The van der Waals surface area contributed by atoms with Crippen LogP contribution in [0.4, 0.5) is 4.39 Å². The average Bonchev–Trinajstić information content (AvgIpc) is 2.87. The molecule has 1 amide bonds. The highest BCUT2D eigenvalue weighted by Crippen LogP contribution is 2.33. The summed E-state index contributed by atoms with van der Waals surface area (Å²) in [7, 11) is 1.66. The largest absolute Gasteiger partial charge is 0.496 e. The van der Waals surface area contributed by atoms with Gasteiger partial charge in [0, 0.05) is 31.2 Å². The van der Waals surface area contributed by atoms with Gasteiger partial charge >= 0.3 is 0 Å². The summed E-state index contributed by atoms with van der Waals surface area (Å²) in [5.74, 6) is 0.641. The molecule has 6 heteroatoms. The van der Waals surface area contributed by atoms with E-state index in [-0.39, 0.29) is 23.6 Å². The Morgan fingerprint density at radius 3 is 2.57 bits per heavy atom. The number of halogens is 2. The molecule has 0 aliphatic carbocycles. The van der Waals surface area contributed by atoms with Gasteiger partial charge in [-0.2, -0.15) is 0 Å². The number of ether oxygens (including phenoxy) is 1. The summed E-state index contributed by atoms with van der Waals surface area (Å²) in [6.07, 6.45) is 1.43. The van der Waals surface area contributed by atoms with Gasteiger partial charge < -0.3 is 10.1 Å². The van der Waals surface area contributed by atoms with Crippen LogP contribution >= 0.6 is 11.6 Å². The normalized spacial score (nSPS) is 18.3. The Labute approximate surface area is 212 Å². The van der Waals surface area contributed by atoms with E-state index in [1.54, 1.807) is 14.0 Å². The van der Waals surface area contributed by atoms with Crippen molar-refractivity contribution in [3.05, 3.63) is 99.8 Å². The number of carbonyl (C=O) groups is 1. The van der Waals surface area contributed by atoms with Crippen LogP contribution in [0.5, 0.6) is 5.75 Å². The molecule has 184 valence electrons. The monoisotopic (exact) mass is 494 g/mol. The lowest BCUT2D eigenvalue weighted by atomic mass is 9.83.